The Morgan fingerprint density at radius 3 is 2.69 bits per heavy atom. The van der Waals surface area contributed by atoms with E-state index in [0.29, 0.717) is 24.7 Å². The Morgan fingerprint density at radius 1 is 1.31 bits per heavy atom. The highest BCUT2D eigenvalue weighted by Gasteiger charge is 2.37. The summed E-state index contributed by atoms with van der Waals surface area (Å²) in [6.45, 7) is 0.613. The van der Waals surface area contributed by atoms with Gasteiger partial charge in [0.1, 0.15) is 0 Å². The van der Waals surface area contributed by atoms with E-state index in [9.17, 15) is 0 Å². The van der Waals surface area contributed by atoms with Gasteiger partial charge in [-0.15, -0.1) is 0 Å². The third kappa shape index (κ3) is 2.10. The van der Waals surface area contributed by atoms with Gasteiger partial charge in [-0.05, 0) is 12.8 Å². The summed E-state index contributed by atoms with van der Waals surface area (Å²) in [5.74, 6) is 1.24. The van der Waals surface area contributed by atoms with Crippen LogP contribution in [0.3, 0.4) is 0 Å². The SMILES string of the molecule is NCC1(c2nc(CCO)no2)CCCCC1. The number of nitrogens with two attached hydrogens (primary N) is 1. The first-order valence-corrected chi connectivity index (χ1v) is 5.95. The monoisotopic (exact) mass is 225 g/mol. The van der Waals surface area contributed by atoms with Crippen LogP contribution >= 0.6 is 0 Å². The summed E-state index contributed by atoms with van der Waals surface area (Å²) in [5, 5.41) is 12.7. The fraction of sp³-hybridized carbons (Fsp3) is 0.818. The molecule has 1 aromatic heterocycles. The normalized spacial score (nSPS) is 19.9. The van der Waals surface area contributed by atoms with Crippen LogP contribution < -0.4 is 5.73 Å². The van der Waals surface area contributed by atoms with Crippen LogP contribution in [-0.2, 0) is 11.8 Å². The minimum absolute atomic E-state index is 0.0502. The molecular weight excluding hydrogens is 206 g/mol. The molecule has 1 aliphatic carbocycles. The molecule has 0 aromatic carbocycles. The first-order chi connectivity index (χ1) is 7.80. The van der Waals surface area contributed by atoms with Crippen molar-refractivity contribution in [2.45, 2.75) is 43.9 Å². The Kier molecular flexibility index (Phi) is 3.56. The van der Waals surface area contributed by atoms with Crippen LogP contribution in [-0.4, -0.2) is 28.4 Å². The van der Waals surface area contributed by atoms with Crippen LogP contribution in [0.25, 0.3) is 0 Å². The molecule has 0 radical (unpaired) electrons. The Morgan fingerprint density at radius 2 is 2.06 bits per heavy atom. The summed E-state index contributed by atoms with van der Waals surface area (Å²) < 4.78 is 5.30. The van der Waals surface area contributed by atoms with Crippen molar-refractivity contribution in [3.05, 3.63) is 11.7 Å². The van der Waals surface area contributed by atoms with Gasteiger partial charge < -0.3 is 15.4 Å². The number of rotatable bonds is 4. The molecule has 0 aliphatic heterocycles. The van der Waals surface area contributed by atoms with Crippen molar-refractivity contribution in [1.82, 2.24) is 10.1 Å². The van der Waals surface area contributed by atoms with Crippen molar-refractivity contribution in [2.24, 2.45) is 5.73 Å². The van der Waals surface area contributed by atoms with Gasteiger partial charge >= 0.3 is 0 Å². The number of hydrogen-bond donors (Lipinski definition) is 2. The minimum atomic E-state index is -0.112. The lowest BCUT2D eigenvalue weighted by atomic mass is 9.74. The largest absolute Gasteiger partial charge is 0.396 e. The third-order valence-electron chi connectivity index (χ3n) is 3.46. The van der Waals surface area contributed by atoms with Crippen molar-refractivity contribution in [1.29, 1.82) is 0 Å². The Bertz CT molecular complexity index is 332. The molecule has 0 unspecified atom stereocenters. The van der Waals surface area contributed by atoms with Gasteiger partial charge in [0.05, 0.1) is 12.0 Å². The predicted octanol–water partition coefficient (Wildman–Crippen LogP) is 0.765. The van der Waals surface area contributed by atoms with E-state index in [1.54, 1.807) is 0 Å². The maximum Gasteiger partial charge on any atom is 0.234 e. The van der Waals surface area contributed by atoms with Crippen molar-refractivity contribution in [2.75, 3.05) is 13.2 Å². The summed E-state index contributed by atoms with van der Waals surface area (Å²) in [4.78, 5) is 4.35. The molecule has 1 aliphatic rings. The first-order valence-electron chi connectivity index (χ1n) is 5.95. The number of aromatic nitrogens is 2. The van der Waals surface area contributed by atoms with E-state index >= 15 is 0 Å². The highest BCUT2D eigenvalue weighted by atomic mass is 16.5. The Labute approximate surface area is 95.0 Å². The molecule has 0 bridgehead atoms. The summed E-state index contributed by atoms with van der Waals surface area (Å²) in [7, 11) is 0. The first kappa shape index (κ1) is 11.5. The number of nitrogens with zero attached hydrogens (tertiary/aromatic N) is 2. The summed E-state index contributed by atoms with van der Waals surface area (Å²) in [6.07, 6.45) is 6.13. The van der Waals surface area contributed by atoms with Crippen LogP contribution in [0.4, 0.5) is 0 Å². The molecule has 3 N–H and O–H groups in total. The molecule has 2 rings (SSSR count). The molecule has 5 heteroatoms. The Hall–Kier alpha value is -0.940. The van der Waals surface area contributed by atoms with Crippen LogP contribution in [0.15, 0.2) is 4.52 Å². The topological polar surface area (TPSA) is 85.2 Å². The molecule has 0 amide bonds. The second-order valence-corrected chi connectivity index (χ2v) is 4.53. The van der Waals surface area contributed by atoms with Crippen LogP contribution in [0.1, 0.15) is 43.8 Å². The van der Waals surface area contributed by atoms with Crippen molar-refractivity contribution in [3.8, 4) is 0 Å². The molecule has 1 heterocycles. The zero-order valence-electron chi connectivity index (χ0n) is 9.48. The predicted molar refractivity (Wildman–Crippen MR) is 58.9 cm³/mol. The van der Waals surface area contributed by atoms with E-state index in [-0.39, 0.29) is 12.0 Å². The fourth-order valence-electron chi connectivity index (χ4n) is 2.40. The fourth-order valence-corrected chi connectivity index (χ4v) is 2.40. The summed E-state index contributed by atoms with van der Waals surface area (Å²) >= 11 is 0. The van der Waals surface area contributed by atoms with Crippen molar-refractivity contribution < 1.29 is 9.63 Å². The van der Waals surface area contributed by atoms with E-state index in [4.69, 9.17) is 15.4 Å². The van der Waals surface area contributed by atoms with Gasteiger partial charge in [0.25, 0.3) is 0 Å². The minimum Gasteiger partial charge on any atom is -0.396 e. The molecular formula is C11H19N3O2. The average molecular weight is 225 g/mol. The standard InChI is InChI=1S/C11H19N3O2/c12-8-11(5-2-1-3-6-11)10-13-9(4-7-15)14-16-10/h15H,1-8,12H2. The molecule has 1 saturated carbocycles. The molecule has 1 aromatic rings. The van der Waals surface area contributed by atoms with Crippen LogP contribution in [0, 0.1) is 0 Å². The second-order valence-electron chi connectivity index (χ2n) is 4.53. The van der Waals surface area contributed by atoms with E-state index in [2.05, 4.69) is 10.1 Å². The molecule has 16 heavy (non-hydrogen) atoms. The zero-order chi connectivity index (χ0) is 11.4. The maximum atomic E-state index is 8.81. The van der Waals surface area contributed by atoms with Gasteiger partial charge in [0.15, 0.2) is 5.82 Å². The molecule has 0 atom stereocenters. The van der Waals surface area contributed by atoms with E-state index < -0.39 is 0 Å². The van der Waals surface area contributed by atoms with Crippen molar-refractivity contribution >= 4 is 0 Å². The van der Waals surface area contributed by atoms with Gasteiger partial charge in [-0.2, -0.15) is 4.98 Å². The molecule has 90 valence electrons. The van der Waals surface area contributed by atoms with E-state index in [1.807, 2.05) is 0 Å². The van der Waals surface area contributed by atoms with E-state index in [1.165, 1.54) is 19.3 Å². The average Bonchev–Trinajstić information content (AvgIpc) is 2.80. The van der Waals surface area contributed by atoms with Crippen molar-refractivity contribution in [3.63, 3.8) is 0 Å². The lowest BCUT2D eigenvalue weighted by Crippen LogP contribution is -2.37. The summed E-state index contributed by atoms with van der Waals surface area (Å²) in [6, 6.07) is 0. The van der Waals surface area contributed by atoms with Gasteiger partial charge in [-0.25, -0.2) is 0 Å². The zero-order valence-corrected chi connectivity index (χ0v) is 9.48. The highest BCUT2D eigenvalue weighted by Crippen LogP contribution is 2.37. The number of aliphatic hydroxyl groups is 1. The lowest BCUT2D eigenvalue weighted by molar-refractivity contribution is 0.219. The summed E-state index contributed by atoms with van der Waals surface area (Å²) in [5.41, 5.74) is 5.76. The smallest absolute Gasteiger partial charge is 0.234 e. The van der Waals surface area contributed by atoms with Gasteiger partial charge in [0.2, 0.25) is 5.89 Å². The number of aliphatic hydroxyl groups excluding tert-OH is 1. The molecule has 1 fully saturated rings. The molecule has 0 spiro atoms. The quantitative estimate of drug-likeness (QED) is 0.790. The van der Waals surface area contributed by atoms with Crippen LogP contribution in [0.2, 0.25) is 0 Å². The van der Waals surface area contributed by atoms with Crippen LogP contribution in [0.5, 0.6) is 0 Å². The molecule has 5 nitrogen and oxygen atoms in total. The van der Waals surface area contributed by atoms with Gasteiger partial charge in [-0.1, -0.05) is 24.4 Å². The second kappa shape index (κ2) is 4.93. The maximum absolute atomic E-state index is 8.81. The lowest BCUT2D eigenvalue weighted by Gasteiger charge is -2.32. The van der Waals surface area contributed by atoms with Gasteiger partial charge in [0, 0.05) is 13.0 Å². The van der Waals surface area contributed by atoms with E-state index in [0.717, 1.165) is 12.8 Å². The highest BCUT2D eigenvalue weighted by molar-refractivity contribution is 5.08. The Balaban J connectivity index is 2.18. The third-order valence-corrected chi connectivity index (χ3v) is 3.46. The van der Waals surface area contributed by atoms with Gasteiger partial charge in [-0.3, -0.25) is 0 Å². The number of hydrogen-bond acceptors (Lipinski definition) is 5. The molecule has 0 saturated heterocycles.